The highest BCUT2D eigenvalue weighted by Gasteiger charge is 2.29. The molecule has 98 valence electrons. The van der Waals surface area contributed by atoms with Crippen LogP contribution >= 0.6 is 11.3 Å². The van der Waals surface area contributed by atoms with Crippen molar-refractivity contribution in [1.82, 2.24) is 4.98 Å². The molecular weight excluding hydrogens is 260 g/mol. The molecule has 5 heteroatoms. The maximum absolute atomic E-state index is 11.2. The van der Waals surface area contributed by atoms with Gasteiger partial charge in [0, 0.05) is 10.6 Å². The third-order valence-corrected chi connectivity index (χ3v) is 4.32. The summed E-state index contributed by atoms with van der Waals surface area (Å²) in [6, 6.07) is 9.80. The van der Waals surface area contributed by atoms with Crippen molar-refractivity contribution in [1.29, 1.82) is 0 Å². The molecule has 0 bridgehead atoms. The van der Waals surface area contributed by atoms with E-state index in [1.54, 1.807) is 11.3 Å². The van der Waals surface area contributed by atoms with Crippen LogP contribution in [0.4, 0.5) is 10.8 Å². The van der Waals surface area contributed by atoms with Gasteiger partial charge in [0.05, 0.1) is 5.69 Å². The second-order valence-corrected chi connectivity index (χ2v) is 5.69. The number of carbonyl (C=O) groups is 1. The standard InChI is InChI=1S/C14H14N2O2S/c17-13(18)10-7-4-8-11-12(10)16-14(19-11)15-9-5-2-1-3-6-9/h1-3,5-6,10H,4,7-8H2,(H,15,16)(H,17,18). The summed E-state index contributed by atoms with van der Waals surface area (Å²) in [6.45, 7) is 0. The topological polar surface area (TPSA) is 62.2 Å². The van der Waals surface area contributed by atoms with Gasteiger partial charge in [-0.1, -0.05) is 18.2 Å². The van der Waals surface area contributed by atoms with Crippen LogP contribution in [0.2, 0.25) is 0 Å². The fraction of sp³-hybridized carbons (Fsp3) is 0.286. The molecule has 19 heavy (non-hydrogen) atoms. The predicted molar refractivity (Wildman–Crippen MR) is 75.2 cm³/mol. The minimum Gasteiger partial charge on any atom is -0.481 e. The summed E-state index contributed by atoms with van der Waals surface area (Å²) in [7, 11) is 0. The number of benzene rings is 1. The highest BCUT2D eigenvalue weighted by Crippen LogP contribution is 2.37. The Labute approximate surface area is 115 Å². The molecule has 0 spiro atoms. The summed E-state index contributed by atoms with van der Waals surface area (Å²) in [6.07, 6.45) is 2.56. The monoisotopic (exact) mass is 274 g/mol. The number of para-hydroxylation sites is 1. The zero-order valence-corrected chi connectivity index (χ0v) is 11.1. The van der Waals surface area contributed by atoms with Gasteiger partial charge in [0.2, 0.25) is 0 Å². The second kappa shape index (κ2) is 5.01. The normalized spacial score (nSPS) is 17.8. The van der Waals surface area contributed by atoms with Crippen LogP contribution in [-0.4, -0.2) is 16.1 Å². The maximum Gasteiger partial charge on any atom is 0.312 e. The van der Waals surface area contributed by atoms with E-state index in [4.69, 9.17) is 0 Å². The van der Waals surface area contributed by atoms with Gasteiger partial charge in [0.15, 0.2) is 5.13 Å². The van der Waals surface area contributed by atoms with E-state index < -0.39 is 11.9 Å². The summed E-state index contributed by atoms with van der Waals surface area (Å²) in [5.74, 6) is -1.20. The van der Waals surface area contributed by atoms with Crippen molar-refractivity contribution in [3.8, 4) is 0 Å². The number of thiazole rings is 1. The van der Waals surface area contributed by atoms with E-state index >= 15 is 0 Å². The molecule has 2 aromatic rings. The molecule has 1 unspecified atom stereocenters. The van der Waals surface area contributed by atoms with Gasteiger partial charge < -0.3 is 10.4 Å². The third-order valence-electron chi connectivity index (χ3n) is 3.28. The lowest BCUT2D eigenvalue weighted by atomic mass is 9.91. The summed E-state index contributed by atoms with van der Waals surface area (Å²) < 4.78 is 0. The Bertz CT molecular complexity index is 595. The lowest BCUT2D eigenvalue weighted by Gasteiger charge is -2.16. The number of aliphatic carboxylic acids is 1. The molecule has 1 heterocycles. The van der Waals surface area contributed by atoms with Gasteiger partial charge in [-0.25, -0.2) is 4.98 Å². The molecule has 0 saturated carbocycles. The zero-order valence-electron chi connectivity index (χ0n) is 10.3. The molecule has 1 aliphatic carbocycles. The smallest absolute Gasteiger partial charge is 0.312 e. The molecule has 1 aromatic heterocycles. The molecule has 0 fully saturated rings. The van der Waals surface area contributed by atoms with Crippen LogP contribution in [0.15, 0.2) is 30.3 Å². The Balaban J connectivity index is 1.87. The van der Waals surface area contributed by atoms with Crippen molar-refractivity contribution in [3.63, 3.8) is 0 Å². The lowest BCUT2D eigenvalue weighted by molar-refractivity contribution is -0.139. The number of aryl methyl sites for hydroxylation is 1. The van der Waals surface area contributed by atoms with Gasteiger partial charge in [-0.15, -0.1) is 11.3 Å². The quantitative estimate of drug-likeness (QED) is 0.900. The van der Waals surface area contributed by atoms with Gasteiger partial charge in [-0.3, -0.25) is 4.79 Å². The number of anilines is 2. The lowest BCUT2D eigenvalue weighted by Crippen LogP contribution is -2.17. The highest BCUT2D eigenvalue weighted by molar-refractivity contribution is 7.15. The number of nitrogens with zero attached hydrogens (tertiary/aromatic N) is 1. The van der Waals surface area contributed by atoms with E-state index in [9.17, 15) is 9.90 Å². The van der Waals surface area contributed by atoms with Crippen LogP contribution in [0.5, 0.6) is 0 Å². The molecule has 0 saturated heterocycles. The van der Waals surface area contributed by atoms with Crippen molar-refractivity contribution < 1.29 is 9.90 Å². The molecule has 1 atom stereocenters. The Morgan fingerprint density at radius 1 is 1.37 bits per heavy atom. The first-order valence-corrected chi connectivity index (χ1v) is 7.10. The molecule has 4 nitrogen and oxygen atoms in total. The van der Waals surface area contributed by atoms with Crippen LogP contribution in [0.3, 0.4) is 0 Å². The van der Waals surface area contributed by atoms with E-state index in [0.717, 1.165) is 34.2 Å². The van der Waals surface area contributed by atoms with Gasteiger partial charge in [0.25, 0.3) is 0 Å². The molecule has 1 aromatic carbocycles. The SMILES string of the molecule is O=C(O)C1CCCc2sc(Nc3ccccc3)nc21. The Kier molecular flexibility index (Phi) is 3.21. The first-order chi connectivity index (χ1) is 9.24. The number of rotatable bonds is 3. The number of nitrogens with one attached hydrogen (secondary N) is 1. The van der Waals surface area contributed by atoms with Crippen molar-refractivity contribution in [3.05, 3.63) is 40.9 Å². The van der Waals surface area contributed by atoms with Crippen LogP contribution in [0.25, 0.3) is 0 Å². The van der Waals surface area contributed by atoms with E-state index in [-0.39, 0.29) is 0 Å². The molecular formula is C14H14N2O2S. The number of fused-ring (bicyclic) bond motifs is 1. The van der Waals surface area contributed by atoms with Crippen molar-refractivity contribution in [2.75, 3.05) is 5.32 Å². The minimum atomic E-state index is -0.766. The van der Waals surface area contributed by atoms with Crippen molar-refractivity contribution in [2.45, 2.75) is 25.2 Å². The number of hydrogen-bond donors (Lipinski definition) is 2. The number of aromatic nitrogens is 1. The van der Waals surface area contributed by atoms with Crippen LogP contribution < -0.4 is 5.32 Å². The van der Waals surface area contributed by atoms with E-state index in [1.807, 2.05) is 30.3 Å². The van der Waals surface area contributed by atoms with Crippen LogP contribution in [0.1, 0.15) is 29.3 Å². The molecule has 0 radical (unpaired) electrons. The summed E-state index contributed by atoms with van der Waals surface area (Å²) in [4.78, 5) is 16.8. The summed E-state index contributed by atoms with van der Waals surface area (Å²) >= 11 is 1.57. The third kappa shape index (κ3) is 2.46. The molecule has 2 N–H and O–H groups in total. The Morgan fingerprint density at radius 3 is 2.89 bits per heavy atom. The number of hydrogen-bond acceptors (Lipinski definition) is 4. The van der Waals surface area contributed by atoms with Gasteiger partial charge in [-0.2, -0.15) is 0 Å². The van der Waals surface area contributed by atoms with Crippen LogP contribution in [-0.2, 0) is 11.2 Å². The molecule has 1 aliphatic rings. The first kappa shape index (κ1) is 12.2. The van der Waals surface area contributed by atoms with Crippen molar-refractivity contribution >= 4 is 28.1 Å². The van der Waals surface area contributed by atoms with Crippen molar-refractivity contribution in [2.24, 2.45) is 0 Å². The first-order valence-electron chi connectivity index (χ1n) is 6.28. The predicted octanol–water partition coefficient (Wildman–Crippen LogP) is 3.39. The summed E-state index contributed by atoms with van der Waals surface area (Å²) in [5.41, 5.74) is 1.72. The minimum absolute atomic E-state index is 0.439. The number of carboxylic acid groups (broad SMARTS) is 1. The van der Waals surface area contributed by atoms with Gasteiger partial charge in [-0.05, 0) is 31.4 Å². The van der Waals surface area contributed by atoms with E-state index in [0.29, 0.717) is 6.42 Å². The van der Waals surface area contributed by atoms with E-state index in [2.05, 4.69) is 10.3 Å². The van der Waals surface area contributed by atoms with Gasteiger partial charge >= 0.3 is 5.97 Å². The number of carboxylic acids is 1. The fourth-order valence-corrected chi connectivity index (χ4v) is 3.44. The average molecular weight is 274 g/mol. The summed E-state index contributed by atoms with van der Waals surface area (Å²) in [5, 5.41) is 13.2. The van der Waals surface area contributed by atoms with Crippen LogP contribution in [0, 0.1) is 0 Å². The van der Waals surface area contributed by atoms with E-state index in [1.165, 1.54) is 0 Å². The van der Waals surface area contributed by atoms with Gasteiger partial charge in [0.1, 0.15) is 5.92 Å². The molecule has 3 rings (SSSR count). The zero-order chi connectivity index (χ0) is 13.2. The second-order valence-electron chi connectivity index (χ2n) is 4.60. The Hall–Kier alpha value is -1.88. The average Bonchev–Trinajstić information content (AvgIpc) is 2.81. The largest absolute Gasteiger partial charge is 0.481 e. The fourth-order valence-electron chi connectivity index (χ4n) is 2.36. The molecule has 0 amide bonds. The molecule has 0 aliphatic heterocycles. The maximum atomic E-state index is 11.2. The Morgan fingerprint density at radius 2 is 2.16 bits per heavy atom. The highest BCUT2D eigenvalue weighted by atomic mass is 32.1.